The number of hydrogen-bond donors (Lipinski definition) is 1. The maximum Gasteiger partial charge on any atom is 0.307 e. The molecule has 0 saturated carbocycles. The molecule has 1 aromatic heterocycles. The summed E-state index contributed by atoms with van der Waals surface area (Å²) < 4.78 is 4.85. The summed E-state index contributed by atoms with van der Waals surface area (Å²) in [5, 5.41) is 0. The molecule has 0 aromatic carbocycles. The van der Waals surface area contributed by atoms with E-state index in [-0.39, 0.29) is 18.4 Å². The van der Waals surface area contributed by atoms with Crippen LogP contribution in [0.1, 0.15) is 36.1 Å². The molecule has 84 valence electrons. The van der Waals surface area contributed by atoms with Crippen molar-refractivity contribution in [2.75, 3.05) is 6.61 Å². The molecule has 2 N–H and O–H groups in total. The summed E-state index contributed by atoms with van der Waals surface area (Å²) in [4.78, 5) is 13.6. The molecular weight excluding hydrogens is 210 g/mol. The first-order valence-electron chi connectivity index (χ1n) is 5.17. The van der Waals surface area contributed by atoms with Gasteiger partial charge in [0, 0.05) is 15.8 Å². The Balaban J connectivity index is 2.52. The lowest BCUT2D eigenvalue weighted by Gasteiger charge is -2.08. The van der Waals surface area contributed by atoms with Gasteiger partial charge in [0.05, 0.1) is 13.0 Å². The van der Waals surface area contributed by atoms with E-state index in [0.717, 1.165) is 11.3 Å². The third kappa shape index (κ3) is 3.64. The highest BCUT2D eigenvalue weighted by Gasteiger charge is 2.14. The third-order valence-electron chi connectivity index (χ3n) is 2.09. The first-order chi connectivity index (χ1) is 7.17. The molecule has 0 amide bonds. The molecule has 1 rings (SSSR count). The second kappa shape index (κ2) is 5.88. The molecular formula is C11H17NO2S. The molecule has 0 fully saturated rings. The van der Waals surface area contributed by atoms with Crippen LogP contribution >= 0.6 is 11.3 Å². The number of esters is 1. The molecule has 15 heavy (non-hydrogen) atoms. The molecule has 0 aliphatic carbocycles. The van der Waals surface area contributed by atoms with Crippen LogP contribution in [0.3, 0.4) is 0 Å². The van der Waals surface area contributed by atoms with Gasteiger partial charge in [-0.05, 0) is 25.5 Å². The fourth-order valence-electron chi connectivity index (χ4n) is 1.28. The van der Waals surface area contributed by atoms with Crippen molar-refractivity contribution in [2.45, 2.75) is 32.7 Å². The van der Waals surface area contributed by atoms with E-state index in [1.807, 2.05) is 6.07 Å². The lowest BCUT2D eigenvalue weighted by Crippen LogP contribution is -2.16. The van der Waals surface area contributed by atoms with Gasteiger partial charge in [-0.3, -0.25) is 4.79 Å². The third-order valence-corrected chi connectivity index (χ3v) is 3.45. The van der Waals surface area contributed by atoms with Gasteiger partial charge in [-0.2, -0.15) is 0 Å². The van der Waals surface area contributed by atoms with E-state index in [9.17, 15) is 4.79 Å². The van der Waals surface area contributed by atoms with E-state index in [4.69, 9.17) is 10.5 Å². The number of hydrogen-bond acceptors (Lipinski definition) is 4. The molecule has 0 radical (unpaired) electrons. The first-order valence-corrected chi connectivity index (χ1v) is 5.98. The Hall–Kier alpha value is -0.870. The molecule has 1 aromatic rings. The SMILES string of the molecule is CCOC(=O)CC(N)c1ccc(CC)s1. The van der Waals surface area contributed by atoms with Crippen LogP contribution in [0.4, 0.5) is 0 Å². The average molecular weight is 227 g/mol. The number of rotatable bonds is 5. The fourth-order valence-corrected chi connectivity index (χ4v) is 2.24. The van der Waals surface area contributed by atoms with Crippen LogP contribution in [-0.2, 0) is 16.0 Å². The molecule has 4 heteroatoms. The Morgan fingerprint density at radius 1 is 1.53 bits per heavy atom. The van der Waals surface area contributed by atoms with Crippen LogP contribution < -0.4 is 5.73 Å². The molecule has 1 heterocycles. The smallest absolute Gasteiger partial charge is 0.307 e. The highest BCUT2D eigenvalue weighted by molar-refractivity contribution is 7.12. The van der Waals surface area contributed by atoms with Gasteiger partial charge in [-0.25, -0.2) is 0 Å². The summed E-state index contributed by atoms with van der Waals surface area (Å²) in [5.41, 5.74) is 5.90. The second-order valence-electron chi connectivity index (χ2n) is 3.27. The largest absolute Gasteiger partial charge is 0.466 e. The minimum absolute atomic E-state index is 0.226. The Bertz CT molecular complexity index is 322. The Kier molecular flexibility index (Phi) is 4.78. The van der Waals surface area contributed by atoms with E-state index in [1.165, 1.54) is 4.88 Å². The van der Waals surface area contributed by atoms with Crippen LogP contribution in [0.15, 0.2) is 12.1 Å². The van der Waals surface area contributed by atoms with Crippen LogP contribution in [0.5, 0.6) is 0 Å². The molecule has 0 spiro atoms. The van der Waals surface area contributed by atoms with Crippen molar-refractivity contribution in [1.82, 2.24) is 0 Å². The predicted molar refractivity (Wildman–Crippen MR) is 61.9 cm³/mol. The zero-order valence-electron chi connectivity index (χ0n) is 9.16. The topological polar surface area (TPSA) is 52.3 Å². The summed E-state index contributed by atoms with van der Waals surface area (Å²) >= 11 is 1.67. The van der Waals surface area contributed by atoms with Gasteiger partial charge >= 0.3 is 5.97 Å². The molecule has 0 saturated heterocycles. The Morgan fingerprint density at radius 2 is 2.27 bits per heavy atom. The predicted octanol–water partition coefficient (Wildman–Crippen LogP) is 2.26. The summed E-state index contributed by atoms with van der Waals surface area (Å²) in [6.45, 7) is 4.31. The van der Waals surface area contributed by atoms with Crippen molar-refractivity contribution in [2.24, 2.45) is 5.73 Å². The van der Waals surface area contributed by atoms with E-state index in [1.54, 1.807) is 18.3 Å². The van der Waals surface area contributed by atoms with Gasteiger partial charge in [0.15, 0.2) is 0 Å². The van der Waals surface area contributed by atoms with E-state index < -0.39 is 0 Å². The van der Waals surface area contributed by atoms with Crippen molar-refractivity contribution >= 4 is 17.3 Å². The van der Waals surface area contributed by atoms with Gasteiger partial charge in [0.25, 0.3) is 0 Å². The summed E-state index contributed by atoms with van der Waals surface area (Å²) in [7, 11) is 0. The maximum absolute atomic E-state index is 11.2. The minimum Gasteiger partial charge on any atom is -0.466 e. The number of aryl methyl sites for hydroxylation is 1. The van der Waals surface area contributed by atoms with Crippen molar-refractivity contribution in [3.63, 3.8) is 0 Å². The summed E-state index contributed by atoms with van der Waals surface area (Å²) in [5.74, 6) is -0.226. The highest BCUT2D eigenvalue weighted by Crippen LogP contribution is 2.24. The second-order valence-corrected chi connectivity index (χ2v) is 4.47. The van der Waals surface area contributed by atoms with Crippen molar-refractivity contribution < 1.29 is 9.53 Å². The molecule has 0 aliphatic rings. The van der Waals surface area contributed by atoms with E-state index in [2.05, 4.69) is 13.0 Å². The van der Waals surface area contributed by atoms with Crippen molar-refractivity contribution in [1.29, 1.82) is 0 Å². The van der Waals surface area contributed by atoms with E-state index >= 15 is 0 Å². The van der Waals surface area contributed by atoms with Crippen LogP contribution in [0.2, 0.25) is 0 Å². The molecule has 1 atom stereocenters. The quantitative estimate of drug-likeness (QED) is 0.785. The van der Waals surface area contributed by atoms with Crippen LogP contribution in [-0.4, -0.2) is 12.6 Å². The molecule has 3 nitrogen and oxygen atoms in total. The lowest BCUT2D eigenvalue weighted by molar-refractivity contribution is -0.143. The molecule has 0 bridgehead atoms. The Labute approximate surface area is 94.2 Å². The first kappa shape index (κ1) is 12.2. The lowest BCUT2D eigenvalue weighted by atomic mass is 10.2. The van der Waals surface area contributed by atoms with Crippen molar-refractivity contribution in [3.8, 4) is 0 Å². The van der Waals surface area contributed by atoms with Gasteiger partial charge < -0.3 is 10.5 Å². The van der Waals surface area contributed by atoms with Crippen molar-refractivity contribution in [3.05, 3.63) is 21.9 Å². The normalized spacial score (nSPS) is 12.5. The van der Waals surface area contributed by atoms with Crippen LogP contribution in [0.25, 0.3) is 0 Å². The number of carbonyl (C=O) groups excluding carboxylic acids is 1. The summed E-state index contributed by atoms with van der Waals surface area (Å²) in [6.07, 6.45) is 1.27. The Morgan fingerprint density at radius 3 is 2.80 bits per heavy atom. The fraction of sp³-hybridized carbons (Fsp3) is 0.545. The number of nitrogens with two attached hydrogens (primary N) is 1. The molecule has 0 aliphatic heterocycles. The van der Waals surface area contributed by atoms with Crippen LogP contribution in [0, 0.1) is 0 Å². The number of ether oxygens (including phenoxy) is 1. The number of thiophene rings is 1. The van der Waals surface area contributed by atoms with Gasteiger partial charge in [0.2, 0.25) is 0 Å². The highest BCUT2D eigenvalue weighted by atomic mass is 32.1. The average Bonchev–Trinajstić information content (AvgIpc) is 2.66. The van der Waals surface area contributed by atoms with Gasteiger partial charge in [-0.1, -0.05) is 6.92 Å². The minimum atomic E-state index is -0.227. The number of carbonyl (C=O) groups is 1. The zero-order valence-corrected chi connectivity index (χ0v) is 9.97. The van der Waals surface area contributed by atoms with E-state index in [0.29, 0.717) is 6.61 Å². The standard InChI is InChI=1S/C11H17NO2S/c1-3-8-5-6-10(15-8)9(12)7-11(13)14-4-2/h5-6,9H,3-4,7,12H2,1-2H3. The maximum atomic E-state index is 11.2. The summed E-state index contributed by atoms with van der Waals surface area (Å²) in [6, 6.07) is 3.83. The van der Waals surface area contributed by atoms with Gasteiger partial charge in [-0.15, -0.1) is 11.3 Å². The zero-order chi connectivity index (χ0) is 11.3. The molecule has 1 unspecified atom stereocenters. The van der Waals surface area contributed by atoms with Gasteiger partial charge in [0.1, 0.15) is 0 Å². The monoisotopic (exact) mass is 227 g/mol.